The molecule has 0 radical (unpaired) electrons. The summed E-state index contributed by atoms with van der Waals surface area (Å²) in [5.41, 5.74) is 11.6. The highest BCUT2D eigenvalue weighted by Gasteiger charge is 2.36. The molecule has 66 heavy (non-hydrogen) atoms. The highest BCUT2D eigenvalue weighted by molar-refractivity contribution is 6.31. The van der Waals surface area contributed by atoms with E-state index < -0.39 is 0 Å². The molecule has 2 aromatic heterocycles. The van der Waals surface area contributed by atoms with Gasteiger partial charge in [0.2, 0.25) is 0 Å². The number of nitrogens with zero attached hydrogens (tertiary/aromatic N) is 1. The van der Waals surface area contributed by atoms with Gasteiger partial charge in [0, 0.05) is 43.7 Å². The minimum atomic E-state index is -0.188. The van der Waals surface area contributed by atoms with Crippen LogP contribution in [0.2, 0.25) is 0 Å². The van der Waals surface area contributed by atoms with E-state index in [-0.39, 0.29) is 5.41 Å². The van der Waals surface area contributed by atoms with Gasteiger partial charge in [-0.05, 0) is 119 Å². The van der Waals surface area contributed by atoms with Crippen LogP contribution >= 0.6 is 0 Å². The molecule has 0 amide bonds. The third-order valence-electron chi connectivity index (χ3n) is 14.5. The van der Waals surface area contributed by atoms with Gasteiger partial charge in [0.25, 0.3) is 0 Å². The molecule has 0 saturated heterocycles. The summed E-state index contributed by atoms with van der Waals surface area (Å²) < 4.78 is 13.9. The van der Waals surface area contributed by atoms with E-state index in [1.54, 1.807) is 0 Å². The van der Waals surface area contributed by atoms with Crippen LogP contribution in [0.15, 0.2) is 221 Å². The van der Waals surface area contributed by atoms with Crippen molar-refractivity contribution >= 4 is 115 Å². The van der Waals surface area contributed by atoms with Crippen molar-refractivity contribution in [1.82, 2.24) is 0 Å². The Bertz CT molecular complexity index is 4280. The molecule has 1 aliphatic carbocycles. The monoisotopic (exact) mass is 843 g/mol. The third kappa shape index (κ3) is 5.20. The lowest BCUT2D eigenvalue weighted by molar-refractivity contribution is 0.660. The fourth-order valence-corrected chi connectivity index (χ4v) is 11.4. The molecule has 1 aliphatic rings. The van der Waals surface area contributed by atoms with Crippen molar-refractivity contribution in [2.24, 2.45) is 0 Å². The number of fused-ring (bicyclic) bond motifs is 20. The number of hydrogen-bond donors (Lipinski definition) is 0. The molecule has 3 heteroatoms. The summed E-state index contributed by atoms with van der Waals surface area (Å²) >= 11 is 0. The Hall–Kier alpha value is -8.40. The van der Waals surface area contributed by atoms with E-state index in [1.807, 2.05) is 6.07 Å². The molecule has 0 atom stereocenters. The Kier molecular flexibility index (Phi) is 7.74. The molecule has 2 heterocycles. The maximum absolute atomic E-state index is 7.01. The van der Waals surface area contributed by atoms with E-state index in [4.69, 9.17) is 8.83 Å². The molecule has 0 saturated carbocycles. The molecule has 0 N–H and O–H groups in total. The van der Waals surface area contributed by atoms with Crippen LogP contribution in [-0.4, -0.2) is 0 Å². The zero-order chi connectivity index (χ0) is 43.7. The van der Waals surface area contributed by atoms with Crippen LogP contribution in [-0.2, 0) is 5.41 Å². The number of hydrogen-bond acceptors (Lipinski definition) is 3. The molecule has 0 aliphatic heterocycles. The number of anilines is 3. The van der Waals surface area contributed by atoms with Crippen molar-refractivity contribution in [2.75, 3.05) is 4.90 Å². The second kappa shape index (κ2) is 13.8. The van der Waals surface area contributed by atoms with Crippen molar-refractivity contribution in [3.8, 4) is 11.1 Å². The SMILES string of the molecule is CC1(C)c2ccccc2-c2ccc(N(c3ccc4c5ccccc5c5ccccc5c5ccccc5c5c(ccc6c7ccccc7oc65)c4c3)c3cccc4c3oc3ccccc34)cc21. The molecule has 14 rings (SSSR count). The molecule has 11 aromatic carbocycles. The second-order valence-corrected chi connectivity index (χ2v) is 18.3. The van der Waals surface area contributed by atoms with Gasteiger partial charge >= 0.3 is 0 Å². The van der Waals surface area contributed by atoms with Gasteiger partial charge in [-0.15, -0.1) is 0 Å². The van der Waals surface area contributed by atoms with Crippen molar-refractivity contribution in [3.63, 3.8) is 0 Å². The standard InChI is InChI=1S/C63H41NO2/c1-63(2)55-26-12-9-21-46(55)47-33-31-39(37-56(47)63)64(57-27-15-25-52-48-22-10-13-28-58(48)65-61(52)57)38-30-32-45-43-19-6-4-17-41(43)40-16-3-5-18-42(40)44-20-7-8-24-50(44)60-51(54(45)36-38)34-35-53-49-23-11-14-29-59(49)66-62(53)60/h3-37H,1-2H3. The first kappa shape index (κ1) is 37.0. The van der Waals surface area contributed by atoms with Gasteiger partial charge in [-0.3, -0.25) is 0 Å². The maximum atomic E-state index is 7.01. The molecular formula is C63H41NO2. The normalized spacial score (nSPS) is 13.1. The topological polar surface area (TPSA) is 29.5 Å². The van der Waals surface area contributed by atoms with Crippen LogP contribution in [0, 0.1) is 0 Å². The van der Waals surface area contributed by atoms with E-state index in [1.165, 1.54) is 43.8 Å². The smallest absolute Gasteiger partial charge is 0.159 e. The van der Waals surface area contributed by atoms with Gasteiger partial charge in [0.15, 0.2) is 5.58 Å². The Morgan fingerprint density at radius 2 is 0.758 bits per heavy atom. The number of para-hydroxylation sites is 3. The molecule has 13 aromatic rings. The van der Waals surface area contributed by atoms with Crippen LogP contribution < -0.4 is 4.90 Å². The molecule has 3 nitrogen and oxygen atoms in total. The first-order valence-electron chi connectivity index (χ1n) is 22.8. The van der Waals surface area contributed by atoms with Crippen LogP contribution in [0.25, 0.3) is 109 Å². The molecular weight excluding hydrogens is 803 g/mol. The Morgan fingerprint density at radius 3 is 1.44 bits per heavy atom. The van der Waals surface area contributed by atoms with Gasteiger partial charge in [-0.2, -0.15) is 0 Å². The van der Waals surface area contributed by atoms with Crippen molar-refractivity contribution in [3.05, 3.63) is 223 Å². The van der Waals surface area contributed by atoms with Crippen molar-refractivity contribution in [1.29, 1.82) is 0 Å². The highest BCUT2D eigenvalue weighted by Crippen LogP contribution is 2.52. The summed E-state index contributed by atoms with van der Waals surface area (Å²) in [4.78, 5) is 2.41. The summed E-state index contributed by atoms with van der Waals surface area (Å²) in [7, 11) is 0. The van der Waals surface area contributed by atoms with Crippen LogP contribution in [0.4, 0.5) is 17.1 Å². The lowest BCUT2D eigenvalue weighted by Gasteiger charge is -2.28. The van der Waals surface area contributed by atoms with E-state index in [0.29, 0.717) is 0 Å². The van der Waals surface area contributed by atoms with Gasteiger partial charge in [0.1, 0.15) is 16.7 Å². The minimum Gasteiger partial charge on any atom is -0.455 e. The Morgan fingerprint density at radius 1 is 0.318 bits per heavy atom. The first-order valence-corrected chi connectivity index (χ1v) is 22.8. The Labute approximate surface area is 380 Å². The van der Waals surface area contributed by atoms with Crippen LogP contribution in [0.1, 0.15) is 25.0 Å². The average molecular weight is 844 g/mol. The number of furan rings is 2. The van der Waals surface area contributed by atoms with E-state index >= 15 is 0 Å². The minimum absolute atomic E-state index is 0.188. The number of rotatable bonds is 3. The first-order chi connectivity index (χ1) is 32.5. The summed E-state index contributed by atoms with van der Waals surface area (Å²) in [5, 5.41) is 15.9. The average Bonchev–Trinajstić information content (AvgIpc) is 4.02. The van der Waals surface area contributed by atoms with E-state index in [0.717, 1.165) is 93.3 Å². The predicted molar refractivity (Wildman–Crippen MR) is 278 cm³/mol. The quantitative estimate of drug-likeness (QED) is 0.177. The lowest BCUT2D eigenvalue weighted by atomic mass is 9.82. The molecule has 0 fully saturated rings. The third-order valence-corrected chi connectivity index (χ3v) is 14.5. The molecule has 0 spiro atoms. The second-order valence-electron chi connectivity index (χ2n) is 18.3. The van der Waals surface area contributed by atoms with Crippen LogP contribution in [0.5, 0.6) is 0 Å². The van der Waals surface area contributed by atoms with Crippen molar-refractivity contribution < 1.29 is 8.83 Å². The fraction of sp³-hybridized carbons (Fsp3) is 0.0476. The summed E-state index contributed by atoms with van der Waals surface area (Å²) in [6.07, 6.45) is 0. The predicted octanol–water partition coefficient (Wildman–Crippen LogP) is 18.2. The summed E-state index contributed by atoms with van der Waals surface area (Å²) in [5.74, 6) is 0. The van der Waals surface area contributed by atoms with Crippen molar-refractivity contribution in [2.45, 2.75) is 19.3 Å². The highest BCUT2D eigenvalue weighted by atomic mass is 16.3. The summed E-state index contributed by atoms with van der Waals surface area (Å²) in [6, 6.07) is 77.5. The lowest BCUT2D eigenvalue weighted by Crippen LogP contribution is -2.16. The van der Waals surface area contributed by atoms with Crippen LogP contribution in [0.3, 0.4) is 0 Å². The largest absolute Gasteiger partial charge is 0.455 e. The van der Waals surface area contributed by atoms with Gasteiger partial charge in [-0.1, -0.05) is 178 Å². The number of benzene rings is 10. The van der Waals surface area contributed by atoms with Gasteiger partial charge in [0.05, 0.1) is 5.69 Å². The molecule has 310 valence electrons. The van der Waals surface area contributed by atoms with Gasteiger partial charge < -0.3 is 13.7 Å². The van der Waals surface area contributed by atoms with E-state index in [9.17, 15) is 0 Å². The maximum Gasteiger partial charge on any atom is 0.159 e. The zero-order valence-electron chi connectivity index (χ0n) is 36.5. The zero-order valence-corrected chi connectivity index (χ0v) is 36.5. The summed E-state index contributed by atoms with van der Waals surface area (Å²) in [6.45, 7) is 4.71. The Balaban J connectivity index is 1.17. The van der Waals surface area contributed by atoms with Gasteiger partial charge in [-0.25, -0.2) is 0 Å². The molecule has 0 unspecified atom stereocenters. The van der Waals surface area contributed by atoms with E-state index in [2.05, 4.69) is 225 Å². The molecule has 0 bridgehead atoms. The fourth-order valence-electron chi connectivity index (χ4n) is 11.4.